The van der Waals surface area contributed by atoms with Crippen molar-refractivity contribution in [3.8, 4) is 0 Å². The van der Waals surface area contributed by atoms with Crippen molar-refractivity contribution in [3.05, 3.63) is 34.6 Å². The summed E-state index contributed by atoms with van der Waals surface area (Å²) in [4.78, 5) is 12.9. The lowest BCUT2D eigenvalue weighted by atomic mass is 10.1. The Morgan fingerprint density at radius 2 is 2.24 bits per heavy atom. The Hall–Kier alpha value is -1.13. The molecule has 3 nitrogen and oxygen atoms in total. The quantitative estimate of drug-likeness (QED) is 0.877. The highest BCUT2D eigenvalue weighted by Crippen LogP contribution is 2.16. The molecule has 0 saturated carbocycles. The van der Waals surface area contributed by atoms with Gasteiger partial charge in [0.1, 0.15) is 5.82 Å². The van der Waals surface area contributed by atoms with E-state index < -0.39 is 5.82 Å². The van der Waals surface area contributed by atoms with Crippen LogP contribution in [-0.4, -0.2) is 36.1 Å². The van der Waals surface area contributed by atoms with E-state index in [2.05, 4.69) is 0 Å². The van der Waals surface area contributed by atoms with Crippen molar-refractivity contribution in [2.75, 3.05) is 20.2 Å². The van der Waals surface area contributed by atoms with Gasteiger partial charge in [0.05, 0.1) is 11.6 Å². The van der Waals surface area contributed by atoms with Gasteiger partial charge in [-0.25, -0.2) is 4.39 Å². The monoisotopic (exact) mass is 259 g/mol. The first-order valence-electron chi connectivity index (χ1n) is 5.33. The maximum Gasteiger partial charge on any atom is 0.224 e. The van der Waals surface area contributed by atoms with Crippen molar-refractivity contribution >= 4 is 17.5 Å². The summed E-state index contributed by atoms with van der Waals surface area (Å²) in [6.07, 6.45) is 0.730. The molecule has 0 unspecified atom stereocenters. The van der Waals surface area contributed by atoms with Crippen LogP contribution in [0.15, 0.2) is 18.2 Å². The maximum absolute atomic E-state index is 12.9. The van der Waals surface area contributed by atoms with Gasteiger partial charge < -0.3 is 10.0 Å². The zero-order chi connectivity index (χ0) is 12.8. The molecule has 5 heteroatoms. The molecular formula is C12H15ClFNO2. The van der Waals surface area contributed by atoms with Crippen LogP contribution in [0.25, 0.3) is 0 Å². The van der Waals surface area contributed by atoms with E-state index in [1.54, 1.807) is 19.2 Å². The summed E-state index contributed by atoms with van der Waals surface area (Å²) in [7, 11) is 1.67. The molecule has 0 atom stereocenters. The smallest absolute Gasteiger partial charge is 0.224 e. The largest absolute Gasteiger partial charge is 0.396 e. The molecule has 0 bridgehead atoms. The molecular weight excluding hydrogens is 245 g/mol. The van der Waals surface area contributed by atoms with Crippen molar-refractivity contribution in [3.63, 3.8) is 0 Å². The second-order valence-electron chi connectivity index (χ2n) is 3.79. The van der Waals surface area contributed by atoms with Crippen molar-refractivity contribution in [1.29, 1.82) is 0 Å². The summed E-state index contributed by atoms with van der Waals surface area (Å²) in [6, 6.07) is 4.51. The summed E-state index contributed by atoms with van der Waals surface area (Å²) in [6.45, 7) is 0.367. The minimum absolute atomic E-state index is 0.0897. The molecule has 0 saturated heterocycles. The Morgan fingerprint density at radius 3 is 2.82 bits per heavy atom. The number of benzene rings is 1. The van der Waals surface area contributed by atoms with Crippen LogP contribution < -0.4 is 0 Å². The Kier molecular flexibility index (Phi) is 5.38. The van der Waals surface area contributed by atoms with Crippen LogP contribution in [0, 0.1) is 5.82 Å². The van der Waals surface area contributed by atoms with Gasteiger partial charge in [-0.1, -0.05) is 17.7 Å². The van der Waals surface area contributed by atoms with E-state index in [-0.39, 0.29) is 24.0 Å². The van der Waals surface area contributed by atoms with E-state index >= 15 is 0 Å². The zero-order valence-electron chi connectivity index (χ0n) is 9.62. The summed E-state index contributed by atoms with van der Waals surface area (Å²) >= 11 is 5.65. The first-order chi connectivity index (χ1) is 8.04. The molecule has 0 heterocycles. The van der Waals surface area contributed by atoms with Crippen LogP contribution in [0.3, 0.4) is 0 Å². The number of hydrogen-bond donors (Lipinski definition) is 1. The van der Waals surface area contributed by atoms with E-state index in [1.165, 1.54) is 11.0 Å². The van der Waals surface area contributed by atoms with E-state index in [4.69, 9.17) is 16.7 Å². The number of carbonyl (C=O) groups excluding carboxylic acids is 1. The molecule has 0 aliphatic carbocycles. The number of hydrogen-bond acceptors (Lipinski definition) is 2. The Bertz CT molecular complexity index is 398. The lowest BCUT2D eigenvalue weighted by Gasteiger charge is -2.16. The normalized spacial score (nSPS) is 10.4. The molecule has 1 amide bonds. The van der Waals surface area contributed by atoms with Gasteiger partial charge in [-0.3, -0.25) is 4.79 Å². The van der Waals surface area contributed by atoms with E-state index in [0.29, 0.717) is 13.0 Å². The molecule has 0 aliphatic rings. The first-order valence-corrected chi connectivity index (χ1v) is 5.71. The Balaban J connectivity index is 2.50. The van der Waals surface area contributed by atoms with Gasteiger partial charge >= 0.3 is 0 Å². The van der Waals surface area contributed by atoms with Crippen molar-refractivity contribution < 1.29 is 14.3 Å². The van der Waals surface area contributed by atoms with Gasteiger partial charge in [0, 0.05) is 20.0 Å². The summed E-state index contributed by atoms with van der Waals surface area (Å²) in [5.74, 6) is -0.555. The van der Waals surface area contributed by atoms with Gasteiger partial charge in [-0.05, 0) is 24.1 Å². The zero-order valence-corrected chi connectivity index (χ0v) is 10.4. The van der Waals surface area contributed by atoms with Gasteiger partial charge in [-0.2, -0.15) is 0 Å². The van der Waals surface area contributed by atoms with E-state index in [9.17, 15) is 9.18 Å². The highest BCUT2D eigenvalue weighted by atomic mass is 35.5. The fourth-order valence-electron chi connectivity index (χ4n) is 1.40. The number of aliphatic hydroxyl groups excluding tert-OH is 1. The average molecular weight is 260 g/mol. The maximum atomic E-state index is 12.9. The molecule has 94 valence electrons. The summed E-state index contributed by atoms with van der Waals surface area (Å²) < 4.78 is 12.9. The van der Waals surface area contributed by atoms with Crippen LogP contribution in [-0.2, 0) is 11.2 Å². The molecule has 17 heavy (non-hydrogen) atoms. The third kappa shape index (κ3) is 4.32. The Morgan fingerprint density at radius 1 is 1.53 bits per heavy atom. The molecule has 0 spiro atoms. The minimum atomic E-state index is -0.444. The van der Waals surface area contributed by atoms with Gasteiger partial charge in [0.25, 0.3) is 0 Å². The van der Waals surface area contributed by atoms with Crippen molar-refractivity contribution in [2.45, 2.75) is 12.8 Å². The number of carbonyl (C=O) groups is 1. The van der Waals surface area contributed by atoms with Gasteiger partial charge in [0.2, 0.25) is 5.91 Å². The number of aliphatic hydroxyl groups is 1. The third-order valence-corrected chi connectivity index (χ3v) is 2.76. The highest BCUT2D eigenvalue weighted by Gasteiger charge is 2.08. The van der Waals surface area contributed by atoms with E-state index in [0.717, 1.165) is 5.56 Å². The van der Waals surface area contributed by atoms with Crippen molar-refractivity contribution in [1.82, 2.24) is 4.90 Å². The topological polar surface area (TPSA) is 40.5 Å². The Labute approximate surface area is 105 Å². The predicted octanol–water partition coefficient (Wildman–Crippen LogP) is 1.86. The predicted molar refractivity (Wildman–Crippen MR) is 64.5 cm³/mol. The number of amides is 1. The van der Waals surface area contributed by atoms with E-state index in [1.807, 2.05) is 0 Å². The number of rotatable bonds is 5. The molecule has 1 aromatic rings. The van der Waals surface area contributed by atoms with Crippen LogP contribution in [0.5, 0.6) is 0 Å². The second-order valence-corrected chi connectivity index (χ2v) is 4.19. The molecule has 0 aromatic heterocycles. The standard InChI is InChI=1S/C12H15ClFNO2/c1-15(12(17)5-7-16)6-4-9-2-3-11(14)10(13)8-9/h2-3,8,16H,4-7H2,1H3. The lowest BCUT2D eigenvalue weighted by Crippen LogP contribution is -2.29. The number of nitrogens with zero attached hydrogens (tertiary/aromatic N) is 1. The minimum Gasteiger partial charge on any atom is -0.396 e. The molecule has 0 radical (unpaired) electrons. The fraction of sp³-hybridized carbons (Fsp3) is 0.417. The van der Waals surface area contributed by atoms with Crippen LogP contribution in [0.4, 0.5) is 4.39 Å². The highest BCUT2D eigenvalue weighted by molar-refractivity contribution is 6.30. The molecule has 0 aliphatic heterocycles. The van der Waals surface area contributed by atoms with Crippen LogP contribution in [0.2, 0.25) is 5.02 Å². The van der Waals surface area contributed by atoms with Crippen molar-refractivity contribution in [2.24, 2.45) is 0 Å². The van der Waals surface area contributed by atoms with Crippen LogP contribution in [0.1, 0.15) is 12.0 Å². The molecule has 1 N–H and O–H groups in total. The molecule has 0 fully saturated rings. The second kappa shape index (κ2) is 6.57. The van der Waals surface area contributed by atoms with Gasteiger partial charge in [0.15, 0.2) is 0 Å². The number of halogens is 2. The number of likely N-dealkylation sites (N-methyl/N-ethyl adjacent to an activating group) is 1. The first kappa shape index (κ1) is 13.9. The lowest BCUT2D eigenvalue weighted by molar-refractivity contribution is -0.130. The summed E-state index contributed by atoms with van der Waals surface area (Å²) in [5, 5.41) is 8.72. The molecule has 1 aromatic carbocycles. The van der Waals surface area contributed by atoms with Gasteiger partial charge in [-0.15, -0.1) is 0 Å². The molecule has 1 rings (SSSR count). The third-order valence-electron chi connectivity index (χ3n) is 2.47. The fourth-order valence-corrected chi connectivity index (χ4v) is 1.61. The summed E-state index contributed by atoms with van der Waals surface area (Å²) in [5.41, 5.74) is 0.875. The average Bonchev–Trinajstić information content (AvgIpc) is 2.30. The van der Waals surface area contributed by atoms with Crippen LogP contribution >= 0.6 is 11.6 Å². The SMILES string of the molecule is CN(CCc1ccc(F)c(Cl)c1)C(=O)CCO.